The van der Waals surface area contributed by atoms with Gasteiger partial charge in [-0.3, -0.25) is 4.79 Å². The fourth-order valence-corrected chi connectivity index (χ4v) is 4.53. The zero-order chi connectivity index (χ0) is 20.2. The number of halogens is 2. The van der Waals surface area contributed by atoms with Crippen LogP contribution in [-0.2, 0) is 4.79 Å². The lowest BCUT2D eigenvalue weighted by atomic mass is 9.93. The maximum atomic E-state index is 14.3. The second-order valence-corrected chi connectivity index (χ2v) is 8.68. The fourth-order valence-electron chi connectivity index (χ4n) is 4.53. The second-order valence-electron chi connectivity index (χ2n) is 8.68. The summed E-state index contributed by atoms with van der Waals surface area (Å²) >= 11 is 0. The summed E-state index contributed by atoms with van der Waals surface area (Å²) in [7, 11) is 0. The number of anilines is 1. The minimum Gasteiger partial charge on any atom is -0.408 e. The van der Waals surface area contributed by atoms with Crippen LogP contribution < -0.4 is 5.32 Å². The Hall–Kier alpha value is -2.51. The predicted molar refractivity (Wildman–Crippen MR) is 102 cm³/mol. The van der Waals surface area contributed by atoms with E-state index in [1.165, 1.54) is 12.8 Å². The van der Waals surface area contributed by atoms with Crippen molar-refractivity contribution in [3.8, 4) is 0 Å². The molecule has 6 nitrogen and oxygen atoms in total. The fraction of sp³-hybridized carbons (Fsp3) is 0.571. The van der Waals surface area contributed by atoms with Crippen molar-refractivity contribution in [2.45, 2.75) is 56.4 Å². The van der Waals surface area contributed by atoms with E-state index in [0.717, 1.165) is 25.9 Å². The summed E-state index contributed by atoms with van der Waals surface area (Å²) in [5.74, 6) is -5.13. The zero-order valence-electron chi connectivity index (χ0n) is 16.3. The van der Waals surface area contributed by atoms with Crippen molar-refractivity contribution in [2.75, 3.05) is 18.4 Å². The summed E-state index contributed by atoms with van der Waals surface area (Å²) in [6, 6.07) is 8.07. The van der Waals surface area contributed by atoms with Crippen LogP contribution in [-0.4, -0.2) is 46.1 Å². The molecule has 3 atom stereocenters. The Balaban J connectivity index is 1.22. The van der Waals surface area contributed by atoms with E-state index in [0.29, 0.717) is 11.0 Å². The molecule has 154 valence electrons. The van der Waals surface area contributed by atoms with Crippen LogP contribution in [0.3, 0.4) is 0 Å². The number of nitrogens with zero attached hydrogens (tertiary/aromatic N) is 3. The number of rotatable bonds is 5. The Morgan fingerprint density at radius 1 is 1.14 bits per heavy atom. The van der Waals surface area contributed by atoms with Crippen molar-refractivity contribution in [2.24, 2.45) is 5.41 Å². The molecule has 1 aromatic carbocycles. The molecule has 2 aromatic rings. The number of hydrogen-bond donors (Lipinski definition) is 1. The van der Waals surface area contributed by atoms with Crippen LogP contribution in [0.2, 0.25) is 0 Å². The summed E-state index contributed by atoms with van der Waals surface area (Å²) in [5, 5.41) is 10.5. The Morgan fingerprint density at radius 2 is 1.83 bits per heavy atom. The van der Waals surface area contributed by atoms with Gasteiger partial charge in [-0.05, 0) is 43.6 Å². The molecule has 1 aromatic heterocycles. The zero-order valence-corrected chi connectivity index (χ0v) is 16.3. The summed E-state index contributed by atoms with van der Waals surface area (Å²) < 4.78 is 34.1. The van der Waals surface area contributed by atoms with Gasteiger partial charge >= 0.3 is 6.01 Å². The van der Waals surface area contributed by atoms with E-state index in [4.69, 9.17) is 4.42 Å². The number of aromatic nitrogens is 2. The van der Waals surface area contributed by atoms with Gasteiger partial charge in [0.2, 0.25) is 11.8 Å². The highest BCUT2D eigenvalue weighted by molar-refractivity contribution is 5.83. The van der Waals surface area contributed by atoms with Gasteiger partial charge < -0.3 is 14.6 Å². The number of benzene rings is 1. The first-order valence-electron chi connectivity index (χ1n) is 10.2. The SMILES string of the molecule is C[C@H](Nc1nnc([C@H]2[C@H](c3ccccc3)C2(F)F)o1)C(=O)N1CCC2(CC1)CC2. The van der Waals surface area contributed by atoms with Gasteiger partial charge in [0.25, 0.3) is 5.92 Å². The third kappa shape index (κ3) is 3.28. The number of hydrogen-bond acceptors (Lipinski definition) is 5. The molecule has 1 aliphatic heterocycles. The molecule has 1 spiro atoms. The number of alkyl halides is 2. The Morgan fingerprint density at radius 3 is 2.48 bits per heavy atom. The lowest BCUT2D eigenvalue weighted by Gasteiger charge is -2.33. The molecule has 8 heteroatoms. The van der Waals surface area contributed by atoms with Crippen LogP contribution in [0.5, 0.6) is 0 Å². The smallest absolute Gasteiger partial charge is 0.316 e. The average molecular weight is 402 g/mol. The summed E-state index contributed by atoms with van der Waals surface area (Å²) in [6.07, 6.45) is 4.69. The van der Waals surface area contributed by atoms with Gasteiger partial charge in [-0.25, -0.2) is 8.78 Å². The first-order valence-corrected chi connectivity index (χ1v) is 10.2. The topological polar surface area (TPSA) is 71.3 Å². The average Bonchev–Trinajstić information content (AvgIpc) is 3.53. The Bertz CT molecular complexity index is 902. The van der Waals surface area contributed by atoms with Crippen molar-refractivity contribution in [3.63, 3.8) is 0 Å². The molecule has 3 aliphatic rings. The van der Waals surface area contributed by atoms with Crippen LogP contribution in [0, 0.1) is 5.41 Å². The molecular weight excluding hydrogens is 378 g/mol. The van der Waals surface area contributed by atoms with E-state index in [1.54, 1.807) is 37.3 Å². The molecule has 2 aliphatic carbocycles. The van der Waals surface area contributed by atoms with Gasteiger partial charge in [-0.2, -0.15) is 0 Å². The van der Waals surface area contributed by atoms with E-state index in [1.807, 2.05) is 4.90 Å². The number of nitrogens with one attached hydrogen (secondary N) is 1. The number of piperidine rings is 1. The monoisotopic (exact) mass is 402 g/mol. The van der Waals surface area contributed by atoms with Crippen LogP contribution in [0.4, 0.5) is 14.8 Å². The molecule has 1 saturated heterocycles. The summed E-state index contributed by atoms with van der Waals surface area (Å²) in [4.78, 5) is 14.5. The van der Waals surface area contributed by atoms with Crippen molar-refractivity contribution in [1.29, 1.82) is 0 Å². The van der Waals surface area contributed by atoms with Gasteiger partial charge in [0.05, 0.1) is 5.92 Å². The molecule has 1 N–H and O–H groups in total. The van der Waals surface area contributed by atoms with E-state index in [-0.39, 0.29) is 17.8 Å². The summed E-state index contributed by atoms with van der Waals surface area (Å²) in [6.45, 7) is 3.27. The van der Waals surface area contributed by atoms with Gasteiger partial charge in [-0.1, -0.05) is 35.4 Å². The largest absolute Gasteiger partial charge is 0.408 e. The maximum Gasteiger partial charge on any atom is 0.316 e. The highest BCUT2D eigenvalue weighted by atomic mass is 19.3. The number of amides is 1. The lowest BCUT2D eigenvalue weighted by molar-refractivity contribution is -0.133. The summed E-state index contributed by atoms with van der Waals surface area (Å²) in [5.41, 5.74) is 1.05. The van der Waals surface area contributed by atoms with Crippen molar-refractivity contribution >= 4 is 11.9 Å². The molecule has 0 unspecified atom stereocenters. The van der Waals surface area contributed by atoms with Gasteiger partial charge in [-0.15, -0.1) is 5.10 Å². The first-order chi connectivity index (χ1) is 13.9. The highest BCUT2D eigenvalue weighted by Gasteiger charge is 2.72. The molecule has 5 rings (SSSR count). The highest BCUT2D eigenvalue weighted by Crippen LogP contribution is 2.66. The maximum absolute atomic E-state index is 14.3. The van der Waals surface area contributed by atoms with E-state index >= 15 is 0 Å². The number of carbonyl (C=O) groups is 1. The predicted octanol–water partition coefficient (Wildman–Crippen LogP) is 3.79. The second kappa shape index (κ2) is 6.50. The van der Waals surface area contributed by atoms with E-state index < -0.39 is 23.8 Å². The van der Waals surface area contributed by atoms with Gasteiger partial charge in [0.1, 0.15) is 12.0 Å². The third-order valence-corrected chi connectivity index (χ3v) is 6.72. The minimum absolute atomic E-state index is 0.00559. The standard InChI is InChI=1S/C21H24F2N4O2/c1-13(18(28)27-11-9-20(7-8-20)10-12-27)24-19-26-25-17(29-19)16-15(21(16,22)23)14-5-3-2-4-6-14/h2-6,13,15-16H,7-12H2,1H3,(H,24,26)/t13-,15-,16+/m0/s1. The molecule has 0 bridgehead atoms. The van der Waals surface area contributed by atoms with Gasteiger partial charge in [0, 0.05) is 13.1 Å². The van der Waals surface area contributed by atoms with Crippen LogP contribution >= 0.6 is 0 Å². The van der Waals surface area contributed by atoms with Crippen molar-refractivity contribution < 1.29 is 18.0 Å². The van der Waals surface area contributed by atoms with Crippen LogP contribution in [0.1, 0.15) is 55.9 Å². The van der Waals surface area contributed by atoms with Crippen molar-refractivity contribution in [3.05, 3.63) is 41.8 Å². The van der Waals surface area contributed by atoms with Crippen LogP contribution in [0.15, 0.2) is 34.7 Å². The number of carbonyl (C=O) groups excluding carboxylic acids is 1. The molecular formula is C21H24F2N4O2. The molecule has 3 fully saturated rings. The molecule has 2 saturated carbocycles. The lowest BCUT2D eigenvalue weighted by Crippen LogP contribution is -2.45. The Kier molecular flexibility index (Phi) is 4.15. The van der Waals surface area contributed by atoms with Gasteiger partial charge in [0.15, 0.2) is 0 Å². The molecule has 0 radical (unpaired) electrons. The van der Waals surface area contributed by atoms with Crippen molar-refractivity contribution in [1.82, 2.24) is 15.1 Å². The van der Waals surface area contributed by atoms with E-state index in [9.17, 15) is 13.6 Å². The molecule has 29 heavy (non-hydrogen) atoms. The van der Waals surface area contributed by atoms with Crippen LogP contribution in [0.25, 0.3) is 0 Å². The quantitative estimate of drug-likeness (QED) is 0.824. The third-order valence-electron chi connectivity index (χ3n) is 6.72. The minimum atomic E-state index is -2.92. The Labute approximate surface area is 167 Å². The normalized spacial score (nSPS) is 27.5. The number of likely N-dealkylation sites (tertiary alicyclic amines) is 1. The molecule has 1 amide bonds. The first kappa shape index (κ1) is 18.5. The molecule has 2 heterocycles. The van der Waals surface area contributed by atoms with E-state index in [2.05, 4.69) is 15.5 Å².